The van der Waals surface area contributed by atoms with E-state index in [1.807, 2.05) is 38.2 Å². The summed E-state index contributed by atoms with van der Waals surface area (Å²) in [4.78, 5) is 11.9. The van der Waals surface area contributed by atoms with Gasteiger partial charge in [-0.25, -0.2) is 0 Å². The number of aryl methyl sites for hydroxylation is 2. The van der Waals surface area contributed by atoms with E-state index in [4.69, 9.17) is 0 Å². The molecular weight excluding hydrogens is 210 g/mol. The lowest BCUT2D eigenvalue weighted by atomic mass is 10.0. The summed E-state index contributed by atoms with van der Waals surface area (Å²) in [6.45, 7) is 3.98. The van der Waals surface area contributed by atoms with E-state index in [2.05, 4.69) is 19.1 Å². The Morgan fingerprint density at radius 2 is 1.82 bits per heavy atom. The molecule has 0 N–H and O–H groups in total. The first-order valence-electron chi connectivity index (χ1n) is 5.90. The summed E-state index contributed by atoms with van der Waals surface area (Å²) in [7, 11) is 1.83. The zero-order valence-electron chi connectivity index (χ0n) is 10.5. The molecule has 0 radical (unpaired) electrons. The van der Waals surface area contributed by atoms with Crippen molar-refractivity contribution in [1.82, 2.24) is 4.57 Å². The van der Waals surface area contributed by atoms with Gasteiger partial charge in [-0.3, -0.25) is 4.79 Å². The highest BCUT2D eigenvalue weighted by Crippen LogP contribution is 2.22. The van der Waals surface area contributed by atoms with Gasteiger partial charge in [0.1, 0.15) is 0 Å². The summed E-state index contributed by atoms with van der Waals surface area (Å²) in [5.74, 6) is 0. The Labute approximate surface area is 102 Å². The highest BCUT2D eigenvalue weighted by Gasteiger charge is 2.07. The summed E-state index contributed by atoms with van der Waals surface area (Å²) in [5, 5.41) is 0. The normalized spacial score (nSPS) is 10.5. The van der Waals surface area contributed by atoms with Crippen LogP contribution < -0.4 is 5.56 Å². The van der Waals surface area contributed by atoms with Crippen molar-refractivity contribution in [2.24, 2.45) is 7.05 Å². The van der Waals surface area contributed by atoms with Crippen LogP contribution in [0.4, 0.5) is 0 Å². The molecule has 0 saturated heterocycles. The predicted molar refractivity (Wildman–Crippen MR) is 71.2 cm³/mol. The summed E-state index contributed by atoms with van der Waals surface area (Å²) >= 11 is 0. The van der Waals surface area contributed by atoms with Crippen LogP contribution in [0, 0.1) is 6.92 Å². The molecule has 17 heavy (non-hydrogen) atoms. The van der Waals surface area contributed by atoms with E-state index in [1.54, 1.807) is 4.57 Å². The predicted octanol–water partition coefficient (Wildman–Crippen LogP) is 2.92. The van der Waals surface area contributed by atoms with Crippen LogP contribution in [0.3, 0.4) is 0 Å². The van der Waals surface area contributed by atoms with Crippen molar-refractivity contribution >= 4 is 0 Å². The SMILES string of the molecule is CCc1ccccc1-c1ccc(C)c(=O)n1C. The van der Waals surface area contributed by atoms with Gasteiger partial charge in [-0.2, -0.15) is 0 Å². The fraction of sp³-hybridized carbons (Fsp3) is 0.267. The number of hydrogen-bond acceptors (Lipinski definition) is 1. The Balaban J connectivity index is 2.69. The second kappa shape index (κ2) is 4.58. The number of nitrogens with zero attached hydrogens (tertiary/aromatic N) is 1. The number of rotatable bonds is 2. The maximum atomic E-state index is 11.9. The third-order valence-corrected chi connectivity index (χ3v) is 3.17. The average Bonchev–Trinajstić information content (AvgIpc) is 2.36. The Bertz CT molecular complexity index is 596. The molecule has 0 atom stereocenters. The molecule has 0 aliphatic rings. The van der Waals surface area contributed by atoms with Crippen molar-refractivity contribution in [1.29, 1.82) is 0 Å². The van der Waals surface area contributed by atoms with Crippen molar-refractivity contribution in [2.75, 3.05) is 0 Å². The molecule has 0 unspecified atom stereocenters. The van der Waals surface area contributed by atoms with Crippen molar-refractivity contribution in [3.05, 3.63) is 57.9 Å². The second-order valence-electron chi connectivity index (χ2n) is 4.28. The third-order valence-electron chi connectivity index (χ3n) is 3.17. The molecule has 1 aromatic heterocycles. The van der Waals surface area contributed by atoms with E-state index in [9.17, 15) is 4.79 Å². The summed E-state index contributed by atoms with van der Waals surface area (Å²) in [6, 6.07) is 12.1. The van der Waals surface area contributed by atoms with Gasteiger partial charge in [-0.15, -0.1) is 0 Å². The topological polar surface area (TPSA) is 22.0 Å². The monoisotopic (exact) mass is 227 g/mol. The Morgan fingerprint density at radius 1 is 1.12 bits per heavy atom. The van der Waals surface area contributed by atoms with E-state index in [1.165, 1.54) is 5.56 Å². The highest BCUT2D eigenvalue weighted by atomic mass is 16.1. The van der Waals surface area contributed by atoms with E-state index >= 15 is 0 Å². The first kappa shape index (κ1) is 11.6. The van der Waals surface area contributed by atoms with Crippen molar-refractivity contribution in [2.45, 2.75) is 20.3 Å². The smallest absolute Gasteiger partial charge is 0.253 e. The minimum atomic E-state index is 0.0772. The van der Waals surface area contributed by atoms with Crippen LogP contribution in [0.5, 0.6) is 0 Å². The van der Waals surface area contributed by atoms with Gasteiger partial charge < -0.3 is 4.57 Å². The van der Waals surface area contributed by atoms with Crippen LogP contribution >= 0.6 is 0 Å². The first-order chi connectivity index (χ1) is 8.15. The van der Waals surface area contributed by atoms with Gasteiger partial charge in [0, 0.05) is 18.2 Å². The van der Waals surface area contributed by atoms with Gasteiger partial charge >= 0.3 is 0 Å². The zero-order valence-corrected chi connectivity index (χ0v) is 10.5. The average molecular weight is 227 g/mol. The quantitative estimate of drug-likeness (QED) is 0.773. The minimum absolute atomic E-state index is 0.0772. The van der Waals surface area contributed by atoms with Crippen LogP contribution in [0.1, 0.15) is 18.1 Å². The van der Waals surface area contributed by atoms with Crippen LogP contribution in [-0.2, 0) is 13.5 Å². The van der Waals surface area contributed by atoms with E-state index < -0.39 is 0 Å². The van der Waals surface area contributed by atoms with Crippen LogP contribution in [0.2, 0.25) is 0 Å². The molecule has 0 saturated carbocycles. The molecule has 1 aromatic carbocycles. The van der Waals surface area contributed by atoms with Crippen LogP contribution in [-0.4, -0.2) is 4.57 Å². The van der Waals surface area contributed by atoms with Crippen LogP contribution in [0.25, 0.3) is 11.3 Å². The first-order valence-corrected chi connectivity index (χ1v) is 5.90. The minimum Gasteiger partial charge on any atom is -0.311 e. The molecule has 0 fully saturated rings. The van der Waals surface area contributed by atoms with Gasteiger partial charge in [-0.05, 0) is 25.0 Å². The van der Waals surface area contributed by atoms with E-state index in [0.29, 0.717) is 0 Å². The standard InChI is InChI=1S/C15H17NO/c1-4-12-7-5-6-8-13(12)14-10-9-11(2)15(17)16(14)3/h5-10H,4H2,1-3H3. The van der Waals surface area contributed by atoms with Gasteiger partial charge in [-0.1, -0.05) is 37.3 Å². The van der Waals surface area contributed by atoms with Gasteiger partial charge in [0.2, 0.25) is 0 Å². The van der Waals surface area contributed by atoms with Crippen LogP contribution in [0.15, 0.2) is 41.2 Å². The Hall–Kier alpha value is -1.83. The summed E-state index contributed by atoms with van der Waals surface area (Å²) in [5.41, 5.74) is 4.26. The lowest BCUT2D eigenvalue weighted by molar-refractivity contribution is 0.856. The fourth-order valence-electron chi connectivity index (χ4n) is 2.11. The zero-order chi connectivity index (χ0) is 12.4. The highest BCUT2D eigenvalue weighted by molar-refractivity contribution is 5.64. The molecular formula is C15H17NO. The molecule has 2 nitrogen and oxygen atoms in total. The van der Waals surface area contributed by atoms with Crippen molar-refractivity contribution in [3.8, 4) is 11.3 Å². The summed E-state index contributed by atoms with van der Waals surface area (Å²) < 4.78 is 1.73. The molecule has 0 spiro atoms. The molecule has 2 rings (SSSR count). The van der Waals surface area contributed by atoms with E-state index in [0.717, 1.165) is 23.2 Å². The largest absolute Gasteiger partial charge is 0.311 e. The van der Waals surface area contributed by atoms with Gasteiger partial charge in [0.05, 0.1) is 5.69 Å². The fourth-order valence-corrected chi connectivity index (χ4v) is 2.11. The number of pyridine rings is 1. The number of aromatic nitrogens is 1. The molecule has 0 aliphatic heterocycles. The summed E-state index contributed by atoms with van der Waals surface area (Å²) in [6.07, 6.45) is 0.970. The molecule has 88 valence electrons. The molecule has 2 heteroatoms. The molecule has 0 bridgehead atoms. The Morgan fingerprint density at radius 3 is 2.53 bits per heavy atom. The van der Waals surface area contributed by atoms with Crippen molar-refractivity contribution < 1.29 is 0 Å². The maximum Gasteiger partial charge on any atom is 0.253 e. The second-order valence-corrected chi connectivity index (χ2v) is 4.28. The number of hydrogen-bond donors (Lipinski definition) is 0. The molecule has 0 amide bonds. The number of benzene rings is 1. The Kier molecular flexibility index (Phi) is 3.14. The molecule has 1 heterocycles. The lowest BCUT2D eigenvalue weighted by Gasteiger charge is -2.12. The van der Waals surface area contributed by atoms with Gasteiger partial charge in [0.25, 0.3) is 5.56 Å². The maximum absolute atomic E-state index is 11.9. The molecule has 0 aliphatic carbocycles. The third kappa shape index (κ3) is 2.03. The van der Waals surface area contributed by atoms with Gasteiger partial charge in [0.15, 0.2) is 0 Å². The molecule has 2 aromatic rings. The van der Waals surface area contributed by atoms with Crippen molar-refractivity contribution in [3.63, 3.8) is 0 Å². The lowest BCUT2D eigenvalue weighted by Crippen LogP contribution is -2.20. The van der Waals surface area contributed by atoms with E-state index in [-0.39, 0.29) is 5.56 Å².